The maximum absolute atomic E-state index is 13.0. The van der Waals surface area contributed by atoms with Crippen LogP contribution in [-0.4, -0.2) is 31.1 Å². The highest BCUT2D eigenvalue weighted by Crippen LogP contribution is 2.18. The Morgan fingerprint density at radius 1 is 1.22 bits per heavy atom. The predicted molar refractivity (Wildman–Crippen MR) is 69.7 cm³/mol. The third-order valence-corrected chi connectivity index (χ3v) is 3.59. The minimum absolute atomic E-state index is 0.519. The fourth-order valence-electron chi connectivity index (χ4n) is 2.55. The van der Waals surface area contributed by atoms with E-state index in [1.165, 1.54) is 31.4 Å². The first kappa shape index (κ1) is 13.3. The van der Waals surface area contributed by atoms with Gasteiger partial charge in [-0.2, -0.15) is 0 Å². The van der Waals surface area contributed by atoms with Gasteiger partial charge in [-0.1, -0.05) is 6.42 Å². The lowest BCUT2D eigenvalue weighted by molar-refractivity contribution is 0.179. The summed E-state index contributed by atoms with van der Waals surface area (Å²) in [5.41, 5.74) is 0.519. The third-order valence-electron chi connectivity index (χ3n) is 3.59. The van der Waals surface area contributed by atoms with Gasteiger partial charge in [0.1, 0.15) is 11.6 Å². The lowest BCUT2D eigenvalue weighted by Crippen LogP contribution is -2.37. The van der Waals surface area contributed by atoms with Crippen LogP contribution in [0.4, 0.5) is 14.5 Å². The van der Waals surface area contributed by atoms with Crippen molar-refractivity contribution in [2.24, 2.45) is 0 Å². The van der Waals surface area contributed by atoms with Crippen LogP contribution in [-0.2, 0) is 0 Å². The van der Waals surface area contributed by atoms with Crippen molar-refractivity contribution in [1.82, 2.24) is 4.90 Å². The number of nitrogens with zero attached hydrogens (tertiary/aromatic N) is 1. The molecular formula is C14H20F2N2. The van der Waals surface area contributed by atoms with Crippen molar-refractivity contribution < 1.29 is 8.78 Å². The van der Waals surface area contributed by atoms with E-state index >= 15 is 0 Å². The van der Waals surface area contributed by atoms with E-state index < -0.39 is 11.6 Å². The number of rotatable bonds is 4. The molecule has 2 nitrogen and oxygen atoms in total. The molecule has 1 aliphatic rings. The second-order valence-corrected chi connectivity index (χ2v) is 5.00. The van der Waals surface area contributed by atoms with E-state index in [-0.39, 0.29) is 0 Å². The van der Waals surface area contributed by atoms with Gasteiger partial charge in [0.05, 0.1) is 0 Å². The summed E-state index contributed by atoms with van der Waals surface area (Å²) in [4.78, 5) is 2.37. The topological polar surface area (TPSA) is 15.3 Å². The number of nitrogens with one attached hydrogen (secondary N) is 1. The molecule has 0 bridgehead atoms. The van der Waals surface area contributed by atoms with Crippen LogP contribution >= 0.6 is 0 Å². The first-order chi connectivity index (χ1) is 8.65. The number of likely N-dealkylation sites (tertiary alicyclic amines) is 1. The highest BCUT2D eigenvalue weighted by Gasteiger charge is 2.17. The fourth-order valence-corrected chi connectivity index (χ4v) is 2.55. The SMILES string of the molecule is CN1CCCCC1CCNc1cc(F)cc(F)c1. The van der Waals surface area contributed by atoms with Crippen LogP contribution in [0.2, 0.25) is 0 Å². The molecule has 4 heteroatoms. The minimum atomic E-state index is -0.535. The van der Waals surface area contributed by atoms with Gasteiger partial charge in [-0.3, -0.25) is 0 Å². The molecule has 0 aromatic heterocycles. The van der Waals surface area contributed by atoms with Crippen molar-refractivity contribution in [2.45, 2.75) is 31.7 Å². The van der Waals surface area contributed by atoms with Crippen LogP contribution in [0.1, 0.15) is 25.7 Å². The lowest BCUT2D eigenvalue weighted by Gasteiger charge is -2.32. The Balaban J connectivity index is 1.80. The smallest absolute Gasteiger partial charge is 0.128 e. The summed E-state index contributed by atoms with van der Waals surface area (Å²) >= 11 is 0. The number of benzene rings is 1. The zero-order chi connectivity index (χ0) is 13.0. The molecule has 100 valence electrons. The number of hydrogen-bond donors (Lipinski definition) is 1. The molecule has 1 unspecified atom stereocenters. The Bertz CT molecular complexity index is 375. The molecule has 0 spiro atoms. The zero-order valence-corrected chi connectivity index (χ0v) is 10.8. The molecule has 2 rings (SSSR count). The Morgan fingerprint density at radius 2 is 1.94 bits per heavy atom. The Kier molecular flexibility index (Phi) is 4.53. The van der Waals surface area contributed by atoms with Crippen LogP contribution in [0.15, 0.2) is 18.2 Å². The Labute approximate surface area is 107 Å². The summed E-state index contributed by atoms with van der Waals surface area (Å²) in [5.74, 6) is -1.07. The Hall–Kier alpha value is -1.16. The summed E-state index contributed by atoms with van der Waals surface area (Å²) in [7, 11) is 2.14. The molecule has 1 aromatic carbocycles. The zero-order valence-electron chi connectivity index (χ0n) is 10.8. The summed E-state index contributed by atoms with van der Waals surface area (Å²) in [5, 5.41) is 3.09. The van der Waals surface area contributed by atoms with Gasteiger partial charge in [0.15, 0.2) is 0 Å². The molecule has 1 atom stereocenters. The van der Waals surface area contributed by atoms with Crippen molar-refractivity contribution in [3.63, 3.8) is 0 Å². The third kappa shape index (κ3) is 3.67. The summed E-state index contributed by atoms with van der Waals surface area (Å²) in [6, 6.07) is 4.13. The number of hydrogen-bond acceptors (Lipinski definition) is 2. The average Bonchev–Trinajstić information content (AvgIpc) is 2.30. The first-order valence-corrected chi connectivity index (χ1v) is 6.55. The van der Waals surface area contributed by atoms with Crippen molar-refractivity contribution in [2.75, 3.05) is 25.5 Å². The van der Waals surface area contributed by atoms with Crippen molar-refractivity contribution >= 4 is 5.69 Å². The van der Waals surface area contributed by atoms with Gasteiger partial charge in [-0.05, 0) is 45.0 Å². The quantitative estimate of drug-likeness (QED) is 0.887. The second-order valence-electron chi connectivity index (χ2n) is 5.00. The van der Waals surface area contributed by atoms with E-state index in [9.17, 15) is 8.78 Å². The van der Waals surface area contributed by atoms with Crippen LogP contribution in [0.5, 0.6) is 0 Å². The van der Waals surface area contributed by atoms with Gasteiger partial charge in [0, 0.05) is 24.3 Å². The van der Waals surface area contributed by atoms with Gasteiger partial charge in [-0.25, -0.2) is 8.78 Å². The van der Waals surface area contributed by atoms with E-state index in [2.05, 4.69) is 17.3 Å². The molecule has 1 aliphatic heterocycles. The summed E-state index contributed by atoms with van der Waals surface area (Å²) in [6.07, 6.45) is 4.78. The molecule has 1 aromatic rings. The second kappa shape index (κ2) is 6.14. The predicted octanol–water partition coefficient (Wildman–Crippen LogP) is 3.25. The molecule has 0 radical (unpaired) electrons. The van der Waals surface area contributed by atoms with Gasteiger partial charge >= 0.3 is 0 Å². The first-order valence-electron chi connectivity index (χ1n) is 6.55. The molecule has 1 heterocycles. The Morgan fingerprint density at radius 3 is 2.61 bits per heavy atom. The van der Waals surface area contributed by atoms with Crippen LogP contribution < -0.4 is 5.32 Å². The van der Waals surface area contributed by atoms with Crippen molar-refractivity contribution in [3.8, 4) is 0 Å². The van der Waals surface area contributed by atoms with Gasteiger partial charge in [0.2, 0.25) is 0 Å². The fraction of sp³-hybridized carbons (Fsp3) is 0.571. The highest BCUT2D eigenvalue weighted by molar-refractivity contribution is 5.43. The standard InChI is InChI=1S/C14H20F2N2/c1-18-7-3-2-4-14(18)5-6-17-13-9-11(15)8-12(16)10-13/h8-10,14,17H,2-7H2,1H3. The molecule has 1 saturated heterocycles. The molecule has 0 aliphatic carbocycles. The van der Waals surface area contributed by atoms with Gasteiger partial charge < -0.3 is 10.2 Å². The summed E-state index contributed by atoms with van der Waals surface area (Å²) in [6.45, 7) is 1.90. The summed E-state index contributed by atoms with van der Waals surface area (Å²) < 4.78 is 26.0. The molecule has 0 saturated carbocycles. The number of halogens is 2. The lowest BCUT2D eigenvalue weighted by atomic mass is 10.0. The molecule has 1 N–H and O–H groups in total. The van der Waals surface area contributed by atoms with E-state index in [1.54, 1.807) is 0 Å². The monoisotopic (exact) mass is 254 g/mol. The largest absolute Gasteiger partial charge is 0.385 e. The molecular weight excluding hydrogens is 234 g/mol. The van der Waals surface area contributed by atoms with Gasteiger partial charge in [-0.15, -0.1) is 0 Å². The molecule has 0 amide bonds. The van der Waals surface area contributed by atoms with Crippen LogP contribution in [0.3, 0.4) is 0 Å². The average molecular weight is 254 g/mol. The maximum Gasteiger partial charge on any atom is 0.128 e. The number of piperidine rings is 1. The normalized spacial score (nSPS) is 20.9. The van der Waals surface area contributed by atoms with Gasteiger partial charge in [0.25, 0.3) is 0 Å². The van der Waals surface area contributed by atoms with Crippen molar-refractivity contribution in [3.05, 3.63) is 29.8 Å². The van der Waals surface area contributed by atoms with E-state index in [4.69, 9.17) is 0 Å². The van der Waals surface area contributed by atoms with Crippen molar-refractivity contribution in [1.29, 1.82) is 0 Å². The molecule has 1 fully saturated rings. The highest BCUT2D eigenvalue weighted by atomic mass is 19.1. The van der Waals surface area contributed by atoms with E-state index in [0.29, 0.717) is 11.7 Å². The molecule has 18 heavy (non-hydrogen) atoms. The maximum atomic E-state index is 13.0. The van der Waals surface area contributed by atoms with Crippen LogP contribution in [0, 0.1) is 11.6 Å². The van der Waals surface area contributed by atoms with E-state index in [0.717, 1.165) is 25.6 Å². The minimum Gasteiger partial charge on any atom is -0.385 e. The number of anilines is 1. The van der Waals surface area contributed by atoms with E-state index in [1.807, 2.05) is 0 Å². The van der Waals surface area contributed by atoms with Crippen LogP contribution in [0.25, 0.3) is 0 Å².